The van der Waals surface area contributed by atoms with E-state index in [1.54, 1.807) is 0 Å². The van der Waals surface area contributed by atoms with Gasteiger partial charge in [0.1, 0.15) is 0 Å². The van der Waals surface area contributed by atoms with Gasteiger partial charge in [-0.05, 0) is 38.9 Å². The SMILES string of the molecule is C[C@H](C=CC(C)(C)S(N)=O)O[Si](C)(C)C(C)(C)C. The maximum absolute atomic E-state index is 11.3. The Labute approximate surface area is 116 Å². The lowest BCUT2D eigenvalue weighted by molar-refractivity contribution is 0.243. The fourth-order valence-corrected chi connectivity index (χ4v) is 2.69. The van der Waals surface area contributed by atoms with Gasteiger partial charge in [0.25, 0.3) is 0 Å². The maximum Gasteiger partial charge on any atom is 0.192 e. The van der Waals surface area contributed by atoms with Gasteiger partial charge in [-0.25, -0.2) is 4.21 Å². The van der Waals surface area contributed by atoms with Crippen LogP contribution in [0.5, 0.6) is 0 Å². The zero-order valence-corrected chi connectivity index (χ0v) is 14.9. The summed E-state index contributed by atoms with van der Waals surface area (Å²) in [7, 11) is -3.11. The van der Waals surface area contributed by atoms with Crippen molar-refractivity contribution in [3.05, 3.63) is 12.2 Å². The van der Waals surface area contributed by atoms with Crippen molar-refractivity contribution in [2.75, 3.05) is 0 Å². The molecule has 0 saturated heterocycles. The molecule has 0 aliphatic rings. The van der Waals surface area contributed by atoms with Gasteiger partial charge in [0.15, 0.2) is 8.32 Å². The van der Waals surface area contributed by atoms with Crippen molar-refractivity contribution in [3.63, 3.8) is 0 Å². The van der Waals surface area contributed by atoms with E-state index < -0.39 is 24.1 Å². The molecule has 18 heavy (non-hydrogen) atoms. The van der Waals surface area contributed by atoms with E-state index >= 15 is 0 Å². The predicted molar refractivity (Wildman–Crippen MR) is 83.3 cm³/mol. The summed E-state index contributed by atoms with van der Waals surface area (Å²) < 4.78 is 17.0. The summed E-state index contributed by atoms with van der Waals surface area (Å²) in [6.45, 7) is 16.8. The summed E-state index contributed by atoms with van der Waals surface area (Å²) in [5, 5.41) is 5.64. The third-order valence-corrected chi connectivity index (χ3v) is 9.32. The van der Waals surface area contributed by atoms with Crippen LogP contribution < -0.4 is 5.14 Å². The van der Waals surface area contributed by atoms with Crippen molar-refractivity contribution in [3.8, 4) is 0 Å². The standard InChI is InChI=1S/C13H29NO2SSi/c1-11(9-10-13(5,6)17(14)15)16-18(7,8)12(2,3)4/h9-11H,14H2,1-8H3/t11-,17?/m1/s1. The van der Waals surface area contributed by atoms with Crippen LogP contribution in [0.4, 0.5) is 0 Å². The molecule has 1 unspecified atom stereocenters. The molecule has 0 amide bonds. The molecule has 0 heterocycles. The number of hydrogen-bond acceptors (Lipinski definition) is 2. The fourth-order valence-electron chi connectivity index (χ4n) is 1.12. The van der Waals surface area contributed by atoms with E-state index in [-0.39, 0.29) is 11.1 Å². The van der Waals surface area contributed by atoms with E-state index in [0.29, 0.717) is 0 Å². The normalized spacial score (nSPS) is 18.1. The number of hydrogen-bond donors (Lipinski definition) is 1. The molecule has 0 aromatic heterocycles. The van der Waals surface area contributed by atoms with Crippen LogP contribution >= 0.6 is 0 Å². The minimum atomic E-state index is -1.75. The quantitative estimate of drug-likeness (QED) is 0.624. The Bertz CT molecular complexity index is 332. The summed E-state index contributed by atoms with van der Waals surface area (Å²) in [4.78, 5) is 0. The van der Waals surface area contributed by atoms with Gasteiger partial charge in [0.05, 0.1) is 21.8 Å². The van der Waals surface area contributed by atoms with E-state index in [4.69, 9.17) is 9.56 Å². The highest BCUT2D eigenvalue weighted by atomic mass is 32.2. The lowest BCUT2D eigenvalue weighted by Crippen LogP contribution is -2.43. The first kappa shape index (κ1) is 18.0. The van der Waals surface area contributed by atoms with Crippen LogP contribution in [0.3, 0.4) is 0 Å². The van der Waals surface area contributed by atoms with Gasteiger partial charge in [0, 0.05) is 0 Å². The van der Waals surface area contributed by atoms with Crippen LogP contribution in [0.2, 0.25) is 18.1 Å². The second-order valence-corrected chi connectivity index (χ2v) is 13.2. The lowest BCUT2D eigenvalue weighted by atomic mass is 10.2. The summed E-state index contributed by atoms with van der Waals surface area (Å²) in [6.07, 6.45) is 3.88. The Balaban J connectivity index is 4.68. The van der Waals surface area contributed by atoms with Gasteiger partial charge in [-0.3, -0.25) is 5.14 Å². The molecule has 108 valence electrons. The van der Waals surface area contributed by atoms with E-state index in [1.807, 2.05) is 32.9 Å². The van der Waals surface area contributed by atoms with Crippen LogP contribution in [0.1, 0.15) is 41.5 Å². The molecule has 2 N–H and O–H groups in total. The molecule has 0 bridgehead atoms. The van der Waals surface area contributed by atoms with Gasteiger partial charge >= 0.3 is 0 Å². The van der Waals surface area contributed by atoms with E-state index in [1.165, 1.54) is 0 Å². The van der Waals surface area contributed by atoms with Crippen LogP contribution in [-0.4, -0.2) is 23.4 Å². The molecular formula is C13H29NO2SSi. The average Bonchev–Trinajstić information content (AvgIpc) is 2.12. The van der Waals surface area contributed by atoms with Gasteiger partial charge in [-0.2, -0.15) is 0 Å². The topological polar surface area (TPSA) is 52.3 Å². The van der Waals surface area contributed by atoms with Gasteiger partial charge < -0.3 is 4.43 Å². The third-order valence-electron chi connectivity index (χ3n) is 3.57. The Morgan fingerprint density at radius 2 is 1.67 bits per heavy atom. The van der Waals surface area contributed by atoms with Crippen molar-refractivity contribution < 1.29 is 8.63 Å². The molecule has 0 aliphatic carbocycles. The highest BCUT2D eigenvalue weighted by Gasteiger charge is 2.38. The third kappa shape index (κ3) is 5.34. The van der Waals surface area contributed by atoms with E-state index in [0.717, 1.165) is 0 Å². The van der Waals surface area contributed by atoms with Crippen molar-refractivity contribution >= 4 is 19.3 Å². The predicted octanol–water partition coefficient (Wildman–Crippen LogP) is 3.35. The van der Waals surface area contributed by atoms with Crippen molar-refractivity contribution in [1.29, 1.82) is 0 Å². The summed E-state index contributed by atoms with van der Waals surface area (Å²) in [5.74, 6) is 0. The van der Waals surface area contributed by atoms with Gasteiger partial charge in [-0.15, -0.1) is 0 Å². The van der Waals surface area contributed by atoms with Crippen LogP contribution in [0.15, 0.2) is 12.2 Å². The molecule has 0 fully saturated rings. The van der Waals surface area contributed by atoms with E-state index in [9.17, 15) is 4.21 Å². The van der Waals surface area contributed by atoms with Crippen LogP contribution in [-0.2, 0) is 15.4 Å². The van der Waals surface area contributed by atoms with Gasteiger partial charge in [-0.1, -0.05) is 32.9 Å². The Kier molecular flexibility index (Phi) is 6.00. The van der Waals surface area contributed by atoms with Gasteiger partial charge in [0.2, 0.25) is 0 Å². The zero-order chi connectivity index (χ0) is 14.8. The van der Waals surface area contributed by atoms with Crippen molar-refractivity contribution in [2.24, 2.45) is 5.14 Å². The molecule has 0 aliphatic heterocycles. The first-order valence-electron chi connectivity index (χ1n) is 6.33. The molecule has 0 aromatic carbocycles. The monoisotopic (exact) mass is 291 g/mol. The van der Waals surface area contributed by atoms with E-state index in [2.05, 4.69) is 33.9 Å². The minimum absolute atomic E-state index is 0.0220. The van der Waals surface area contributed by atoms with Crippen LogP contribution in [0.25, 0.3) is 0 Å². The second kappa shape index (κ2) is 5.99. The minimum Gasteiger partial charge on any atom is -0.411 e. The number of nitrogens with two attached hydrogens (primary N) is 1. The molecule has 0 rings (SSSR count). The first-order valence-corrected chi connectivity index (χ1v) is 10.5. The molecule has 2 atom stereocenters. The Morgan fingerprint density at radius 3 is 2.00 bits per heavy atom. The molecule has 0 spiro atoms. The lowest BCUT2D eigenvalue weighted by Gasteiger charge is -2.38. The maximum atomic E-state index is 11.3. The van der Waals surface area contributed by atoms with Crippen molar-refractivity contribution in [1.82, 2.24) is 0 Å². The largest absolute Gasteiger partial charge is 0.411 e. The van der Waals surface area contributed by atoms with Crippen LogP contribution in [0, 0.1) is 0 Å². The summed E-state index contributed by atoms with van der Waals surface area (Å²) >= 11 is 0. The molecular weight excluding hydrogens is 262 g/mol. The summed E-state index contributed by atoms with van der Waals surface area (Å²) in [5.41, 5.74) is 0. The smallest absolute Gasteiger partial charge is 0.192 e. The molecule has 3 nitrogen and oxygen atoms in total. The summed E-state index contributed by atoms with van der Waals surface area (Å²) in [6, 6.07) is 0. The number of rotatable bonds is 5. The molecule has 0 saturated carbocycles. The second-order valence-electron chi connectivity index (χ2n) is 6.84. The Hall–Kier alpha value is 0.0269. The Morgan fingerprint density at radius 1 is 1.22 bits per heavy atom. The molecule has 0 aromatic rings. The molecule has 5 heteroatoms. The first-order chi connectivity index (χ1) is 7.79. The highest BCUT2D eigenvalue weighted by Crippen LogP contribution is 2.37. The highest BCUT2D eigenvalue weighted by molar-refractivity contribution is 7.84. The average molecular weight is 292 g/mol. The zero-order valence-electron chi connectivity index (χ0n) is 13.0. The molecule has 0 radical (unpaired) electrons. The fraction of sp³-hybridized carbons (Fsp3) is 0.846. The van der Waals surface area contributed by atoms with Crippen molar-refractivity contribution in [2.45, 2.75) is 70.5 Å².